The number of carbonyl (C=O) groups is 1. The quantitative estimate of drug-likeness (QED) is 0.917. The van der Waals surface area contributed by atoms with Gasteiger partial charge in [-0.05, 0) is 36.8 Å². The molecule has 0 atom stereocenters. The molecule has 2 aromatic rings. The molecule has 1 N–H and O–H groups in total. The van der Waals surface area contributed by atoms with E-state index in [2.05, 4.69) is 4.98 Å². The Hall–Kier alpha value is -2.36. The first-order valence-electron chi connectivity index (χ1n) is 6.03. The minimum atomic E-state index is -0.219. The Bertz CT molecular complexity index is 582. The van der Waals surface area contributed by atoms with Gasteiger partial charge < -0.3 is 10.0 Å². The second kappa shape index (κ2) is 5.52. The minimum absolute atomic E-state index is 0.0119. The topological polar surface area (TPSA) is 53.4 Å². The van der Waals surface area contributed by atoms with Gasteiger partial charge in [0, 0.05) is 13.2 Å². The fourth-order valence-electron chi connectivity index (χ4n) is 1.83. The summed E-state index contributed by atoms with van der Waals surface area (Å²) < 4.78 is 0. The van der Waals surface area contributed by atoms with Gasteiger partial charge in [0.05, 0.1) is 17.8 Å². The van der Waals surface area contributed by atoms with E-state index in [4.69, 9.17) is 0 Å². The van der Waals surface area contributed by atoms with E-state index in [0.29, 0.717) is 12.1 Å². The number of aromatic nitrogens is 1. The summed E-state index contributed by atoms with van der Waals surface area (Å²) in [5.74, 6) is -0.207. The number of benzene rings is 1. The molecule has 98 valence electrons. The summed E-state index contributed by atoms with van der Waals surface area (Å²) in [5, 5.41) is 9.81. The van der Waals surface area contributed by atoms with Crippen LogP contribution in [-0.4, -0.2) is 27.9 Å². The van der Waals surface area contributed by atoms with Crippen molar-refractivity contribution < 1.29 is 9.90 Å². The number of nitrogens with zero attached hydrogens (tertiary/aromatic N) is 2. The Balaban J connectivity index is 2.15. The van der Waals surface area contributed by atoms with Crippen LogP contribution in [0.15, 0.2) is 42.6 Å². The van der Waals surface area contributed by atoms with Gasteiger partial charge in [-0.2, -0.15) is 0 Å². The highest BCUT2D eigenvalue weighted by Crippen LogP contribution is 2.20. The van der Waals surface area contributed by atoms with E-state index in [1.165, 1.54) is 4.90 Å². The first-order valence-corrected chi connectivity index (χ1v) is 6.03. The lowest BCUT2D eigenvalue weighted by molar-refractivity contribution is 0.0780. The smallest absolute Gasteiger partial charge is 0.257 e. The van der Waals surface area contributed by atoms with Crippen LogP contribution in [0.25, 0.3) is 0 Å². The number of aryl methyl sites for hydroxylation is 1. The molecular weight excluding hydrogens is 240 g/mol. The number of amides is 1. The molecule has 0 spiro atoms. The minimum Gasteiger partial charge on any atom is -0.507 e. The zero-order chi connectivity index (χ0) is 13.8. The summed E-state index contributed by atoms with van der Waals surface area (Å²) in [6.07, 6.45) is 1.69. The average Bonchev–Trinajstić information content (AvgIpc) is 2.39. The fraction of sp³-hybridized carbons (Fsp3) is 0.200. The lowest BCUT2D eigenvalue weighted by Gasteiger charge is -2.17. The maximum atomic E-state index is 12.2. The second-order valence-electron chi connectivity index (χ2n) is 4.50. The summed E-state index contributed by atoms with van der Waals surface area (Å²) in [7, 11) is 1.69. The maximum absolute atomic E-state index is 12.2. The molecular formula is C15H16N2O2. The van der Waals surface area contributed by atoms with Crippen LogP contribution < -0.4 is 0 Å². The molecule has 1 aromatic heterocycles. The van der Waals surface area contributed by atoms with Crippen molar-refractivity contribution in [3.05, 3.63) is 59.4 Å². The van der Waals surface area contributed by atoms with Crippen molar-refractivity contribution in [1.29, 1.82) is 0 Å². The molecule has 4 heteroatoms. The van der Waals surface area contributed by atoms with Crippen LogP contribution >= 0.6 is 0 Å². The van der Waals surface area contributed by atoms with Gasteiger partial charge in [-0.3, -0.25) is 9.78 Å². The van der Waals surface area contributed by atoms with Crippen LogP contribution in [-0.2, 0) is 6.54 Å². The first kappa shape index (κ1) is 13.1. The zero-order valence-electron chi connectivity index (χ0n) is 11.0. The van der Waals surface area contributed by atoms with Crippen LogP contribution in [0.4, 0.5) is 0 Å². The number of phenols is 1. The highest BCUT2D eigenvalue weighted by molar-refractivity contribution is 5.96. The van der Waals surface area contributed by atoms with Gasteiger partial charge in [0.2, 0.25) is 0 Å². The second-order valence-corrected chi connectivity index (χ2v) is 4.50. The van der Waals surface area contributed by atoms with Crippen LogP contribution in [0.1, 0.15) is 21.6 Å². The lowest BCUT2D eigenvalue weighted by atomic mass is 10.1. The van der Waals surface area contributed by atoms with Crippen molar-refractivity contribution in [2.75, 3.05) is 7.05 Å². The molecule has 1 amide bonds. The number of rotatable bonds is 3. The number of hydrogen-bond donors (Lipinski definition) is 1. The van der Waals surface area contributed by atoms with Gasteiger partial charge in [0.15, 0.2) is 0 Å². The Morgan fingerprint density at radius 3 is 2.74 bits per heavy atom. The van der Waals surface area contributed by atoms with E-state index in [9.17, 15) is 9.90 Å². The highest BCUT2D eigenvalue weighted by atomic mass is 16.3. The lowest BCUT2D eigenvalue weighted by Crippen LogP contribution is -2.26. The fourth-order valence-corrected chi connectivity index (χ4v) is 1.83. The van der Waals surface area contributed by atoms with Crippen molar-refractivity contribution in [1.82, 2.24) is 9.88 Å². The molecule has 0 radical (unpaired) electrons. The third-order valence-corrected chi connectivity index (χ3v) is 2.86. The van der Waals surface area contributed by atoms with E-state index in [1.807, 2.05) is 31.2 Å². The van der Waals surface area contributed by atoms with Gasteiger partial charge >= 0.3 is 0 Å². The standard InChI is InChI=1S/C15H16N2O2/c1-11-6-7-13(14(18)9-11)15(19)17(2)10-12-5-3-4-8-16-12/h3-9,18H,10H2,1-2H3. The van der Waals surface area contributed by atoms with Crippen molar-refractivity contribution in [2.45, 2.75) is 13.5 Å². The number of hydrogen-bond acceptors (Lipinski definition) is 3. The van der Waals surface area contributed by atoms with Crippen LogP contribution in [0.5, 0.6) is 5.75 Å². The van der Waals surface area contributed by atoms with E-state index in [1.54, 1.807) is 25.4 Å². The normalized spacial score (nSPS) is 10.2. The average molecular weight is 256 g/mol. The summed E-state index contributed by atoms with van der Waals surface area (Å²) in [6, 6.07) is 10.6. The summed E-state index contributed by atoms with van der Waals surface area (Å²) >= 11 is 0. The van der Waals surface area contributed by atoms with Crippen molar-refractivity contribution in [3.8, 4) is 5.75 Å². The van der Waals surface area contributed by atoms with E-state index in [0.717, 1.165) is 11.3 Å². The van der Waals surface area contributed by atoms with Gasteiger partial charge in [0.25, 0.3) is 5.91 Å². The molecule has 1 heterocycles. The van der Waals surface area contributed by atoms with E-state index < -0.39 is 0 Å². The summed E-state index contributed by atoms with van der Waals surface area (Å²) in [6.45, 7) is 2.28. The molecule has 0 aliphatic heterocycles. The Morgan fingerprint density at radius 1 is 1.32 bits per heavy atom. The molecule has 1 aromatic carbocycles. The van der Waals surface area contributed by atoms with Crippen molar-refractivity contribution >= 4 is 5.91 Å². The predicted molar refractivity (Wildman–Crippen MR) is 72.9 cm³/mol. The largest absolute Gasteiger partial charge is 0.507 e. The van der Waals surface area contributed by atoms with Gasteiger partial charge in [-0.15, -0.1) is 0 Å². The molecule has 0 saturated heterocycles. The SMILES string of the molecule is Cc1ccc(C(=O)N(C)Cc2ccccn2)c(O)c1. The maximum Gasteiger partial charge on any atom is 0.257 e. The Labute approximate surface area is 112 Å². The molecule has 0 unspecified atom stereocenters. The van der Waals surface area contributed by atoms with Crippen molar-refractivity contribution in [2.24, 2.45) is 0 Å². The molecule has 19 heavy (non-hydrogen) atoms. The first-order chi connectivity index (χ1) is 9.08. The summed E-state index contributed by atoms with van der Waals surface area (Å²) in [4.78, 5) is 17.9. The number of aromatic hydroxyl groups is 1. The monoisotopic (exact) mass is 256 g/mol. The van der Waals surface area contributed by atoms with Crippen LogP contribution in [0.2, 0.25) is 0 Å². The molecule has 0 saturated carbocycles. The van der Waals surface area contributed by atoms with Gasteiger partial charge in [-0.25, -0.2) is 0 Å². The number of carbonyl (C=O) groups excluding carboxylic acids is 1. The van der Waals surface area contributed by atoms with Gasteiger partial charge in [-0.1, -0.05) is 12.1 Å². The predicted octanol–water partition coefficient (Wildman–Crippen LogP) is 2.37. The molecule has 0 aliphatic carbocycles. The molecule has 2 rings (SSSR count). The number of pyridine rings is 1. The molecule has 0 bridgehead atoms. The Kier molecular flexibility index (Phi) is 3.80. The van der Waals surface area contributed by atoms with Crippen molar-refractivity contribution in [3.63, 3.8) is 0 Å². The third-order valence-electron chi connectivity index (χ3n) is 2.86. The molecule has 0 fully saturated rings. The molecule has 0 aliphatic rings. The van der Waals surface area contributed by atoms with Crippen LogP contribution in [0.3, 0.4) is 0 Å². The molecule has 4 nitrogen and oxygen atoms in total. The Morgan fingerprint density at radius 2 is 2.11 bits per heavy atom. The van der Waals surface area contributed by atoms with Crippen LogP contribution in [0, 0.1) is 6.92 Å². The summed E-state index contributed by atoms with van der Waals surface area (Å²) in [5.41, 5.74) is 2.04. The number of phenolic OH excluding ortho intramolecular Hbond substituents is 1. The highest BCUT2D eigenvalue weighted by Gasteiger charge is 2.16. The van der Waals surface area contributed by atoms with E-state index in [-0.39, 0.29) is 11.7 Å². The van der Waals surface area contributed by atoms with Gasteiger partial charge in [0.1, 0.15) is 5.75 Å². The van der Waals surface area contributed by atoms with E-state index >= 15 is 0 Å². The zero-order valence-corrected chi connectivity index (χ0v) is 11.0. The third kappa shape index (κ3) is 3.10.